The van der Waals surface area contributed by atoms with Gasteiger partial charge in [0.05, 0.1) is 12.6 Å². The van der Waals surface area contributed by atoms with Gasteiger partial charge in [-0.15, -0.1) is 0 Å². The third-order valence-electron chi connectivity index (χ3n) is 6.85. The summed E-state index contributed by atoms with van der Waals surface area (Å²) in [6.07, 6.45) is -2.88. The average molecular weight is 679 g/mol. The van der Waals surface area contributed by atoms with Crippen molar-refractivity contribution in [2.75, 3.05) is 30.9 Å². The summed E-state index contributed by atoms with van der Waals surface area (Å²) in [7, 11) is 1.15. The molecule has 3 aromatic rings. The van der Waals surface area contributed by atoms with E-state index in [2.05, 4.69) is 36.2 Å². The maximum atomic E-state index is 12.9. The van der Waals surface area contributed by atoms with E-state index >= 15 is 0 Å². The molecule has 0 radical (unpaired) electrons. The smallest absolute Gasteiger partial charge is 0.422 e. The van der Waals surface area contributed by atoms with Gasteiger partial charge in [-0.05, 0) is 67.6 Å². The van der Waals surface area contributed by atoms with E-state index in [4.69, 9.17) is 26.8 Å². The van der Waals surface area contributed by atoms with Gasteiger partial charge in [0.15, 0.2) is 6.61 Å². The molecule has 0 saturated heterocycles. The molecular formula is C29H30ClF3N8O6. The SMILES string of the molecule is COC(=O)[C@H](CCCNC(=O)C(N)=O)NC(=O)c1ccc(Nc2nc(NC3(c4ccc(Cl)cc4)CC3)nc(OCC(F)(F)F)n2)cc1. The van der Waals surface area contributed by atoms with Gasteiger partial charge in [-0.25, -0.2) is 4.79 Å². The van der Waals surface area contributed by atoms with E-state index in [0.717, 1.165) is 12.7 Å². The van der Waals surface area contributed by atoms with Gasteiger partial charge in [0.1, 0.15) is 6.04 Å². The van der Waals surface area contributed by atoms with Crippen LogP contribution in [-0.4, -0.2) is 71.1 Å². The summed E-state index contributed by atoms with van der Waals surface area (Å²) in [5.41, 5.74) is 5.76. The molecule has 3 amide bonds. The second-order valence-electron chi connectivity index (χ2n) is 10.4. The number of benzene rings is 2. The molecule has 0 spiro atoms. The number of alkyl halides is 3. The maximum Gasteiger partial charge on any atom is 0.422 e. The number of nitrogens with zero attached hydrogens (tertiary/aromatic N) is 3. The number of primary amides is 1. The van der Waals surface area contributed by atoms with Crippen LogP contribution in [0.2, 0.25) is 5.02 Å². The number of rotatable bonds is 14. The van der Waals surface area contributed by atoms with Crippen LogP contribution in [0.1, 0.15) is 41.6 Å². The second kappa shape index (κ2) is 14.9. The minimum absolute atomic E-state index is 0.0221. The van der Waals surface area contributed by atoms with E-state index < -0.39 is 54.1 Å². The van der Waals surface area contributed by atoms with E-state index in [1.165, 1.54) is 24.3 Å². The van der Waals surface area contributed by atoms with E-state index in [1.54, 1.807) is 12.1 Å². The number of ether oxygens (including phenoxy) is 2. The summed E-state index contributed by atoms with van der Waals surface area (Å²) in [6.45, 7) is -1.58. The summed E-state index contributed by atoms with van der Waals surface area (Å²) in [5, 5.41) is 11.4. The van der Waals surface area contributed by atoms with Gasteiger partial charge in [-0.3, -0.25) is 14.4 Å². The highest BCUT2D eigenvalue weighted by atomic mass is 35.5. The van der Waals surface area contributed by atoms with Crippen molar-refractivity contribution >= 4 is 52.9 Å². The zero-order chi connectivity index (χ0) is 34.2. The van der Waals surface area contributed by atoms with Crippen molar-refractivity contribution in [3.8, 4) is 6.01 Å². The lowest BCUT2D eigenvalue weighted by molar-refractivity contribution is -0.154. The van der Waals surface area contributed by atoms with Crippen molar-refractivity contribution in [3.63, 3.8) is 0 Å². The quantitative estimate of drug-likeness (QED) is 0.0954. The summed E-state index contributed by atoms with van der Waals surface area (Å²) in [5.74, 6) is -3.60. The molecular weight excluding hydrogens is 649 g/mol. The van der Waals surface area contributed by atoms with Crippen molar-refractivity contribution in [2.24, 2.45) is 5.73 Å². The Kier molecular flexibility index (Phi) is 11.0. The molecule has 0 unspecified atom stereocenters. The molecule has 6 N–H and O–H groups in total. The summed E-state index contributed by atoms with van der Waals surface area (Å²) < 4.78 is 48.2. The van der Waals surface area contributed by atoms with Gasteiger partial charge < -0.3 is 36.5 Å². The van der Waals surface area contributed by atoms with Crippen molar-refractivity contribution in [3.05, 3.63) is 64.7 Å². The molecule has 1 heterocycles. The number of amides is 3. The standard InChI is InChI=1S/C29H30ClF3N8O6/c1-46-24(45)20(3-2-14-35-23(44)21(34)42)37-22(43)16-4-10-19(11-5-16)36-25-38-26(40-27(39-25)47-15-29(31,32)33)41-28(12-13-28)17-6-8-18(30)9-7-17/h4-11,20H,2-3,12-15H2,1H3,(H2,34,42)(H,35,44)(H,37,43)(H2,36,38,39,40,41)/t20-/m0/s1. The van der Waals surface area contributed by atoms with Gasteiger partial charge in [0.2, 0.25) is 11.9 Å². The lowest BCUT2D eigenvalue weighted by atomic mass is 10.1. The fourth-order valence-corrected chi connectivity index (χ4v) is 4.46. The fraction of sp³-hybridized carbons (Fsp3) is 0.345. The molecule has 4 rings (SSSR count). The van der Waals surface area contributed by atoms with E-state index in [1.807, 2.05) is 12.1 Å². The number of halogens is 4. The highest BCUT2D eigenvalue weighted by Crippen LogP contribution is 2.48. The third-order valence-corrected chi connectivity index (χ3v) is 7.10. The van der Waals surface area contributed by atoms with E-state index in [-0.39, 0.29) is 36.8 Å². The number of aromatic nitrogens is 3. The molecule has 1 aliphatic carbocycles. The normalized spacial score (nSPS) is 13.9. The van der Waals surface area contributed by atoms with Gasteiger partial charge in [0, 0.05) is 22.8 Å². The first-order chi connectivity index (χ1) is 22.3. The fourth-order valence-electron chi connectivity index (χ4n) is 4.34. The number of nitrogens with two attached hydrogens (primary N) is 1. The molecule has 1 saturated carbocycles. The monoisotopic (exact) mass is 678 g/mol. The van der Waals surface area contributed by atoms with Crippen LogP contribution in [0.25, 0.3) is 0 Å². The molecule has 2 aromatic carbocycles. The minimum atomic E-state index is -4.63. The molecule has 1 atom stereocenters. The number of carbonyl (C=O) groups is 4. The van der Waals surface area contributed by atoms with Crippen molar-refractivity contribution in [1.29, 1.82) is 0 Å². The van der Waals surface area contributed by atoms with Gasteiger partial charge in [-0.1, -0.05) is 23.7 Å². The Balaban J connectivity index is 1.44. The second-order valence-corrected chi connectivity index (χ2v) is 10.8. The van der Waals surface area contributed by atoms with Gasteiger partial charge in [-0.2, -0.15) is 28.1 Å². The third kappa shape index (κ3) is 10.2. The first-order valence-corrected chi connectivity index (χ1v) is 14.5. The van der Waals surface area contributed by atoms with Crippen LogP contribution in [0.15, 0.2) is 48.5 Å². The molecule has 14 nitrogen and oxygen atoms in total. The zero-order valence-corrected chi connectivity index (χ0v) is 25.6. The Bertz CT molecular complexity index is 1600. The molecule has 0 aliphatic heterocycles. The van der Waals surface area contributed by atoms with Crippen LogP contribution < -0.4 is 31.7 Å². The Morgan fingerprint density at radius 1 is 1.00 bits per heavy atom. The topological polar surface area (TPSA) is 200 Å². The van der Waals surface area contributed by atoms with Crippen LogP contribution in [0, 0.1) is 0 Å². The maximum absolute atomic E-state index is 12.9. The lowest BCUT2D eigenvalue weighted by Crippen LogP contribution is -2.42. The van der Waals surface area contributed by atoms with Crippen LogP contribution in [0.3, 0.4) is 0 Å². The first-order valence-electron chi connectivity index (χ1n) is 14.1. The summed E-state index contributed by atoms with van der Waals surface area (Å²) in [6, 6.07) is 11.4. The van der Waals surface area contributed by atoms with Crippen LogP contribution in [-0.2, 0) is 24.7 Å². The predicted molar refractivity (Wildman–Crippen MR) is 162 cm³/mol. The molecule has 0 bridgehead atoms. The molecule has 250 valence electrons. The number of hydrogen-bond acceptors (Lipinski definition) is 11. The largest absolute Gasteiger partial charge is 0.467 e. The predicted octanol–water partition coefficient (Wildman–Crippen LogP) is 2.96. The zero-order valence-electron chi connectivity index (χ0n) is 24.8. The molecule has 1 aromatic heterocycles. The van der Waals surface area contributed by atoms with Crippen LogP contribution in [0.4, 0.5) is 30.8 Å². The Hall–Kier alpha value is -5.19. The Labute approximate surface area is 271 Å². The molecule has 47 heavy (non-hydrogen) atoms. The molecule has 1 aliphatic rings. The highest BCUT2D eigenvalue weighted by Gasteiger charge is 2.45. The van der Waals surface area contributed by atoms with Crippen LogP contribution in [0.5, 0.6) is 6.01 Å². The Morgan fingerprint density at radius 2 is 1.66 bits per heavy atom. The summed E-state index contributed by atoms with van der Waals surface area (Å²) >= 11 is 6.01. The van der Waals surface area contributed by atoms with Crippen molar-refractivity contribution in [1.82, 2.24) is 25.6 Å². The minimum Gasteiger partial charge on any atom is -0.467 e. The lowest BCUT2D eigenvalue weighted by Gasteiger charge is -2.19. The number of anilines is 3. The number of esters is 1. The first kappa shape index (κ1) is 34.7. The van der Waals surface area contributed by atoms with E-state index in [9.17, 15) is 32.3 Å². The number of nitrogens with one attached hydrogen (secondary N) is 4. The Morgan fingerprint density at radius 3 is 2.26 bits per heavy atom. The van der Waals surface area contributed by atoms with Crippen molar-refractivity contribution in [2.45, 2.75) is 43.4 Å². The highest BCUT2D eigenvalue weighted by molar-refractivity contribution is 6.34. The van der Waals surface area contributed by atoms with Gasteiger partial charge in [0.25, 0.3) is 5.91 Å². The van der Waals surface area contributed by atoms with Gasteiger partial charge >= 0.3 is 30.0 Å². The number of methoxy groups -OCH3 is 1. The van der Waals surface area contributed by atoms with Crippen molar-refractivity contribution < 1.29 is 41.8 Å². The molecule has 18 heteroatoms. The number of hydrogen-bond donors (Lipinski definition) is 5. The average Bonchev–Trinajstić information content (AvgIpc) is 3.81. The summed E-state index contributed by atoms with van der Waals surface area (Å²) in [4.78, 5) is 59.5. The van der Waals surface area contributed by atoms with E-state index in [0.29, 0.717) is 23.6 Å². The number of carbonyl (C=O) groups excluding carboxylic acids is 4. The van der Waals surface area contributed by atoms with Crippen LogP contribution >= 0.6 is 11.6 Å². The molecule has 1 fully saturated rings.